The molecule has 0 saturated heterocycles. The second-order valence-electron chi connectivity index (χ2n) is 28.1. The minimum absolute atomic E-state index is 0.638. The van der Waals surface area contributed by atoms with Crippen LogP contribution in [-0.4, -0.2) is 39.0 Å². The maximum absolute atomic E-state index is 6.08. The minimum atomic E-state index is 0.638. The Kier molecular flexibility index (Phi) is 16.0. The lowest BCUT2D eigenvalue weighted by atomic mass is 10.0. The Bertz CT molecular complexity index is 7220. The number of furan rings is 2. The van der Waals surface area contributed by atoms with Crippen LogP contribution in [0.4, 0.5) is 0 Å². The van der Waals surface area contributed by atoms with Gasteiger partial charge in [-0.2, -0.15) is 0 Å². The Balaban J connectivity index is 0.000000141. The summed E-state index contributed by atoms with van der Waals surface area (Å²) in [4.78, 5) is 29.5. The van der Waals surface area contributed by atoms with Gasteiger partial charge in [-0.1, -0.05) is 285 Å². The number of hydrogen-bond acceptors (Lipinski definition) is 8. The highest BCUT2D eigenvalue weighted by Gasteiger charge is 2.21. The van der Waals surface area contributed by atoms with E-state index in [1.807, 2.05) is 146 Å². The molecule has 0 aliphatic carbocycles. The summed E-state index contributed by atoms with van der Waals surface area (Å²) in [7, 11) is 0. The van der Waals surface area contributed by atoms with E-state index in [9.17, 15) is 0 Å². The van der Waals surface area contributed by atoms with Crippen LogP contribution >= 0.6 is 0 Å². The molecule has 112 heavy (non-hydrogen) atoms. The minimum Gasteiger partial charge on any atom is -0.456 e. The molecule has 22 aromatic rings. The zero-order chi connectivity index (χ0) is 74.0. The topological polar surface area (TPSA) is 113 Å². The van der Waals surface area contributed by atoms with E-state index in [1.54, 1.807) is 0 Å². The van der Waals surface area contributed by atoms with Gasteiger partial charge in [0.05, 0.1) is 22.1 Å². The first-order valence-corrected chi connectivity index (χ1v) is 37.5. The van der Waals surface area contributed by atoms with Gasteiger partial charge in [-0.05, 0) is 148 Å². The maximum atomic E-state index is 6.08. The van der Waals surface area contributed by atoms with Crippen LogP contribution in [0.5, 0.6) is 0 Å². The number of hydrogen-bond donors (Lipinski definition) is 0. The average Bonchev–Trinajstić information content (AvgIpc) is 1.59. The van der Waals surface area contributed by atoms with E-state index in [0.717, 1.165) is 144 Å². The van der Waals surface area contributed by atoms with Gasteiger partial charge in [0.25, 0.3) is 0 Å². The van der Waals surface area contributed by atoms with E-state index in [-0.39, 0.29) is 0 Å². The molecule has 0 unspecified atom stereocenters. The van der Waals surface area contributed by atoms with E-state index >= 15 is 0 Å². The summed E-state index contributed by atoms with van der Waals surface area (Å²) in [5, 5.41) is 9.37. The molecule has 0 aliphatic heterocycles. The molecule has 0 amide bonds. The second-order valence-corrected chi connectivity index (χ2v) is 28.1. The third-order valence-corrected chi connectivity index (χ3v) is 21.3. The number of aromatic nitrogens is 8. The highest BCUT2D eigenvalue weighted by Crippen LogP contribution is 2.41. The quantitative estimate of drug-likeness (QED) is 0.119. The summed E-state index contributed by atoms with van der Waals surface area (Å²) in [5.41, 5.74) is 25.3. The van der Waals surface area contributed by atoms with Crippen molar-refractivity contribution >= 4 is 87.5 Å². The largest absolute Gasteiger partial charge is 0.456 e. The number of fused-ring (bicyclic) bond motifs is 12. The Hall–Kier alpha value is -15.3. The van der Waals surface area contributed by atoms with Crippen molar-refractivity contribution in [2.24, 2.45) is 0 Å². The molecule has 0 bridgehead atoms. The van der Waals surface area contributed by atoms with Gasteiger partial charge in [-0.3, -0.25) is 0 Å². The van der Waals surface area contributed by atoms with Gasteiger partial charge >= 0.3 is 0 Å². The van der Waals surface area contributed by atoms with Crippen LogP contribution in [-0.2, 0) is 0 Å². The lowest BCUT2D eigenvalue weighted by Crippen LogP contribution is -2.00. The molecule has 0 radical (unpaired) electrons. The first-order valence-electron chi connectivity index (χ1n) is 37.5. The van der Waals surface area contributed by atoms with Crippen molar-refractivity contribution in [3.05, 3.63) is 388 Å². The van der Waals surface area contributed by atoms with Crippen molar-refractivity contribution in [1.29, 1.82) is 0 Å². The molecule has 0 fully saturated rings. The Morgan fingerprint density at radius 3 is 0.804 bits per heavy atom. The second kappa shape index (κ2) is 27.5. The normalized spacial score (nSPS) is 11.6. The van der Waals surface area contributed by atoms with E-state index in [1.165, 1.54) is 32.6 Å². The van der Waals surface area contributed by atoms with Gasteiger partial charge in [0, 0.05) is 87.8 Å². The van der Waals surface area contributed by atoms with Gasteiger partial charge in [0.15, 0.2) is 34.9 Å². The predicted octanol–water partition coefficient (Wildman–Crippen LogP) is 26.4. The van der Waals surface area contributed by atoms with Gasteiger partial charge in [0.1, 0.15) is 22.3 Å². The Labute approximate surface area is 643 Å². The maximum Gasteiger partial charge on any atom is 0.164 e. The van der Waals surface area contributed by atoms with E-state index in [2.05, 4.69) is 252 Å². The van der Waals surface area contributed by atoms with Crippen molar-refractivity contribution in [2.45, 2.75) is 0 Å². The third-order valence-electron chi connectivity index (χ3n) is 21.3. The summed E-state index contributed by atoms with van der Waals surface area (Å²) in [6.45, 7) is 0. The first-order chi connectivity index (χ1) is 55.5. The average molecular weight is 1430 g/mol. The van der Waals surface area contributed by atoms with Crippen LogP contribution in [0.3, 0.4) is 0 Å². The standard InChI is InChI=1S/2C51H32N4O/c1-3-12-34(13-4-1)49-52-50(35-14-5-2-6-15-35)54-51(53-49)39-17-11-16-36(30-39)38-24-28-46-43(31-38)41-18-7-9-20-45(41)55(46)40-26-22-33(23-27-40)37-25-29-48-44(32-37)42-19-8-10-21-47(42)56-48;1-3-11-35(12-4-1)49-52-50(36-13-5-2-6-14-36)54-51(53-49)37-21-19-33(20-22-37)38-25-29-46-43(31-38)41-15-7-9-17-45(41)55(46)40-27-23-34(24-28-40)39-26-30-48-44(32-39)42-16-8-10-18-47(42)56-48/h2*1-32H. The van der Waals surface area contributed by atoms with Crippen molar-refractivity contribution in [2.75, 3.05) is 0 Å². The zero-order valence-corrected chi connectivity index (χ0v) is 60.3. The van der Waals surface area contributed by atoms with Gasteiger partial charge < -0.3 is 18.0 Å². The van der Waals surface area contributed by atoms with Crippen molar-refractivity contribution < 1.29 is 8.83 Å². The molecule has 6 aromatic heterocycles. The molecule has 16 aromatic carbocycles. The molecule has 0 saturated carbocycles. The fourth-order valence-corrected chi connectivity index (χ4v) is 15.8. The molecule has 10 heteroatoms. The summed E-state index contributed by atoms with van der Waals surface area (Å²) in [6.07, 6.45) is 0. The molecule has 524 valence electrons. The molecule has 0 spiro atoms. The van der Waals surface area contributed by atoms with E-state index < -0.39 is 0 Å². The number of benzene rings is 16. The van der Waals surface area contributed by atoms with Crippen LogP contribution in [0.2, 0.25) is 0 Å². The SMILES string of the molecule is c1ccc(-c2nc(-c3ccccc3)nc(-c3ccc(-c4ccc5c(c4)c4ccccc4n5-c4ccc(-c5ccc6oc7ccccc7c6c5)cc4)cc3)n2)cc1.c1ccc(-c2nc(-c3ccccc3)nc(-c3cccc(-c4ccc5c(c4)c4ccccc4n5-c4ccc(-c5ccc6oc7ccccc7c6c5)cc4)c3)n2)cc1. The Morgan fingerprint density at radius 2 is 0.402 bits per heavy atom. The molecule has 0 N–H and O–H groups in total. The van der Waals surface area contributed by atoms with Crippen LogP contribution in [0.1, 0.15) is 0 Å². The lowest BCUT2D eigenvalue weighted by Gasteiger charge is -2.11. The van der Waals surface area contributed by atoms with Gasteiger partial charge in [-0.25, -0.2) is 29.9 Å². The van der Waals surface area contributed by atoms with Crippen molar-refractivity contribution in [1.82, 2.24) is 39.0 Å². The zero-order valence-electron chi connectivity index (χ0n) is 60.3. The summed E-state index contributed by atoms with van der Waals surface area (Å²) in [5.74, 6) is 3.88. The van der Waals surface area contributed by atoms with E-state index in [0.29, 0.717) is 34.9 Å². The highest BCUT2D eigenvalue weighted by molar-refractivity contribution is 6.13. The van der Waals surface area contributed by atoms with Gasteiger partial charge in [0.2, 0.25) is 0 Å². The number of para-hydroxylation sites is 4. The van der Waals surface area contributed by atoms with Crippen molar-refractivity contribution in [3.8, 4) is 124 Å². The molecular formula is C102H64N8O2. The van der Waals surface area contributed by atoms with Crippen LogP contribution in [0.25, 0.3) is 212 Å². The summed E-state index contributed by atoms with van der Waals surface area (Å²) >= 11 is 0. The number of nitrogens with zero attached hydrogens (tertiary/aromatic N) is 8. The third kappa shape index (κ3) is 11.9. The monoisotopic (exact) mass is 1430 g/mol. The van der Waals surface area contributed by atoms with Crippen LogP contribution in [0, 0.1) is 0 Å². The molecule has 0 atom stereocenters. The molecule has 6 heterocycles. The van der Waals surface area contributed by atoms with Crippen molar-refractivity contribution in [3.63, 3.8) is 0 Å². The van der Waals surface area contributed by atoms with Gasteiger partial charge in [-0.15, -0.1) is 0 Å². The summed E-state index contributed by atoms with van der Waals surface area (Å²) < 4.78 is 16.9. The molecule has 22 rings (SSSR count). The highest BCUT2D eigenvalue weighted by atomic mass is 16.3. The van der Waals surface area contributed by atoms with Crippen LogP contribution in [0.15, 0.2) is 397 Å². The fourth-order valence-electron chi connectivity index (χ4n) is 15.8. The van der Waals surface area contributed by atoms with E-state index in [4.69, 9.17) is 38.7 Å². The number of rotatable bonds is 12. The summed E-state index contributed by atoms with van der Waals surface area (Å²) in [6, 6.07) is 135. The first kappa shape index (κ1) is 65.1. The Morgan fingerprint density at radius 1 is 0.152 bits per heavy atom. The molecular weight excluding hydrogens is 1370 g/mol. The fraction of sp³-hybridized carbons (Fsp3) is 0. The smallest absolute Gasteiger partial charge is 0.164 e. The molecule has 0 aliphatic rings. The lowest BCUT2D eigenvalue weighted by molar-refractivity contribution is 0.668. The van der Waals surface area contributed by atoms with Crippen LogP contribution < -0.4 is 0 Å². The predicted molar refractivity (Wildman–Crippen MR) is 457 cm³/mol. The molecule has 10 nitrogen and oxygen atoms in total.